The minimum absolute atomic E-state index is 0.635. The van der Waals surface area contributed by atoms with Crippen molar-refractivity contribution in [1.29, 1.82) is 0 Å². The van der Waals surface area contributed by atoms with E-state index >= 15 is 0 Å². The van der Waals surface area contributed by atoms with Gasteiger partial charge in [0.15, 0.2) is 0 Å². The summed E-state index contributed by atoms with van der Waals surface area (Å²) >= 11 is 0. The third-order valence-corrected chi connectivity index (χ3v) is 2.37. The number of hydrogen-bond donors (Lipinski definition) is 1. The Labute approximate surface area is 94.9 Å². The van der Waals surface area contributed by atoms with Gasteiger partial charge in [-0.2, -0.15) is 0 Å². The Morgan fingerprint density at radius 1 is 1.12 bits per heavy atom. The van der Waals surface area contributed by atoms with Crippen LogP contribution in [0.4, 0.5) is 5.69 Å². The molecule has 0 aliphatic carbocycles. The van der Waals surface area contributed by atoms with E-state index in [1.54, 1.807) is 6.20 Å². The molecule has 0 radical (unpaired) electrons. The fourth-order valence-corrected chi connectivity index (χ4v) is 1.47. The second-order valence-electron chi connectivity index (χ2n) is 3.75. The maximum absolute atomic E-state index is 5.73. The van der Waals surface area contributed by atoms with Gasteiger partial charge in [-0.1, -0.05) is 6.07 Å². The highest BCUT2D eigenvalue weighted by Gasteiger charge is 2.04. The first-order valence-corrected chi connectivity index (χ1v) is 5.12. The van der Waals surface area contributed by atoms with Crippen molar-refractivity contribution < 1.29 is 4.74 Å². The number of benzene rings is 1. The molecule has 3 nitrogen and oxygen atoms in total. The summed E-state index contributed by atoms with van der Waals surface area (Å²) in [6.45, 7) is 3.93. The summed E-state index contributed by atoms with van der Waals surface area (Å²) in [6.07, 6.45) is 1.72. The van der Waals surface area contributed by atoms with E-state index in [0.717, 1.165) is 22.6 Å². The van der Waals surface area contributed by atoms with E-state index in [-0.39, 0.29) is 0 Å². The van der Waals surface area contributed by atoms with Crippen LogP contribution in [0.3, 0.4) is 0 Å². The van der Waals surface area contributed by atoms with E-state index in [2.05, 4.69) is 4.98 Å². The normalized spacial score (nSPS) is 10.1. The molecule has 0 amide bonds. The monoisotopic (exact) mass is 214 g/mol. The number of rotatable bonds is 2. The van der Waals surface area contributed by atoms with E-state index in [9.17, 15) is 0 Å². The number of anilines is 1. The minimum Gasteiger partial charge on any atom is -0.438 e. The molecule has 16 heavy (non-hydrogen) atoms. The van der Waals surface area contributed by atoms with Crippen molar-refractivity contribution in [2.45, 2.75) is 13.8 Å². The van der Waals surface area contributed by atoms with Crippen molar-refractivity contribution in [2.75, 3.05) is 5.73 Å². The molecule has 0 saturated heterocycles. The smallest absolute Gasteiger partial charge is 0.222 e. The van der Waals surface area contributed by atoms with Crippen LogP contribution in [-0.2, 0) is 0 Å². The average molecular weight is 214 g/mol. The molecule has 1 aromatic heterocycles. The predicted octanol–water partition coefficient (Wildman–Crippen LogP) is 3.07. The Kier molecular flexibility index (Phi) is 2.77. The van der Waals surface area contributed by atoms with Gasteiger partial charge in [-0.15, -0.1) is 0 Å². The van der Waals surface area contributed by atoms with Crippen molar-refractivity contribution in [3.63, 3.8) is 0 Å². The molecule has 1 heterocycles. The van der Waals surface area contributed by atoms with Gasteiger partial charge < -0.3 is 10.5 Å². The summed E-state index contributed by atoms with van der Waals surface area (Å²) in [4.78, 5) is 4.18. The average Bonchev–Trinajstić information content (AvgIpc) is 2.25. The molecule has 0 aliphatic rings. The fourth-order valence-electron chi connectivity index (χ4n) is 1.47. The Bertz CT molecular complexity index is 509. The number of aryl methyl sites for hydroxylation is 2. The van der Waals surface area contributed by atoms with Gasteiger partial charge in [0.1, 0.15) is 5.75 Å². The molecular formula is C13H14N2O. The van der Waals surface area contributed by atoms with Gasteiger partial charge in [0, 0.05) is 17.4 Å². The lowest BCUT2D eigenvalue weighted by molar-refractivity contribution is 0.455. The van der Waals surface area contributed by atoms with Crippen LogP contribution in [0.2, 0.25) is 0 Å². The van der Waals surface area contributed by atoms with Crippen LogP contribution >= 0.6 is 0 Å². The second kappa shape index (κ2) is 4.23. The molecule has 2 rings (SSSR count). The molecule has 0 saturated carbocycles. The van der Waals surface area contributed by atoms with Crippen LogP contribution in [0.15, 0.2) is 36.5 Å². The Hall–Kier alpha value is -2.03. The van der Waals surface area contributed by atoms with E-state index in [1.165, 1.54) is 0 Å². The van der Waals surface area contributed by atoms with Crippen LogP contribution in [0.1, 0.15) is 11.1 Å². The molecule has 0 fully saturated rings. The Morgan fingerprint density at radius 2 is 1.94 bits per heavy atom. The zero-order valence-electron chi connectivity index (χ0n) is 9.40. The topological polar surface area (TPSA) is 48.1 Å². The van der Waals surface area contributed by atoms with E-state index in [4.69, 9.17) is 10.5 Å². The van der Waals surface area contributed by atoms with Crippen molar-refractivity contribution in [2.24, 2.45) is 0 Å². The first kappa shape index (κ1) is 10.5. The van der Waals surface area contributed by atoms with Crippen LogP contribution in [0, 0.1) is 13.8 Å². The summed E-state index contributed by atoms with van der Waals surface area (Å²) in [6, 6.07) is 9.42. The lowest BCUT2D eigenvalue weighted by Gasteiger charge is -2.09. The van der Waals surface area contributed by atoms with Crippen molar-refractivity contribution in [3.05, 3.63) is 47.7 Å². The largest absolute Gasteiger partial charge is 0.438 e. The highest BCUT2D eigenvalue weighted by molar-refractivity contribution is 5.48. The predicted molar refractivity (Wildman–Crippen MR) is 64.6 cm³/mol. The first-order valence-electron chi connectivity index (χ1n) is 5.12. The van der Waals surface area contributed by atoms with Gasteiger partial charge in [-0.3, -0.25) is 0 Å². The number of nitrogens with zero attached hydrogens (tertiary/aromatic N) is 1. The molecule has 2 aromatic rings. The van der Waals surface area contributed by atoms with Gasteiger partial charge in [-0.05, 0) is 43.7 Å². The highest BCUT2D eigenvalue weighted by atomic mass is 16.5. The van der Waals surface area contributed by atoms with E-state index < -0.39 is 0 Å². The van der Waals surface area contributed by atoms with Crippen molar-refractivity contribution in [3.8, 4) is 11.6 Å². The SMILES string of the molecule is Cc1cc(N)ccc1Oc1ncccc1C. The van der Waals surface area contributed by atoms with Gasteiger partial charge in [-0.25, -0.2) is 4.98 Å². The van der Waals surface area contributed by atoms with Crippen molar-refractivity contribution >= 4 is 5.69 Å². The van der Waals surface area contributed by atoms with Crippen LogP contribution in [0.5, 0.6) is 11.6 Å². The van der Waals surface area contributed by atoms with Gasteiger partial charge in [0.25, 0.3) is 0 Å². The molecule has 0 spiro atoms. The lowest BCUT2D eigenvalue weighted by Crippen LogP contribution is -1.93. The van der Waals surface area contributed by atoms with Crippen LogP contribution in [0.25, 0.3) is 0 Å². The number of aromatic nitrogens is 1. The number of nitrogen functional groups attached to an aromatic ring is 1. The number of ether oxygens (including phenoxy) is 1. The quantitative estimate of drug-likeness (QED) is 0.781. The number of pyridine rings is 1. The zero-order chi connectivity index (χ0) is 11.5. The third-order valence-electron chi connectivity index (χ3n) is 2.37. The summed E-state index contributed by atoms with van der Waals surface area (Å²) in [5.41, 5.74) is 8.44. The fraction of sp³-hybridized carbons (Fsp3) is 0.154. The standard InChI is InChI=1S/C13H14N2O/c1-9-4-3-7-15-13(9)16-12-6-5-11(14)8-10(12)2/h3-8H,14H2,1-2H3. The molecule has 82 valence electrons. The minimum atomic E-state index is 0.635. The second-order valence-corrected chi connectivity index (χ2v) is 3.75. The van der Waals surface area contributed by atoms with Gasteiger partial charge >= 0.3 is 0 Å². The molecule has 1 aromatic carbocycles. The molecule has 0 unspecified atom stereocenters. The number of nitrogens with two attached hydrogens (primary N) is 1. The maximum atomic E-state index is 5.73. The van der Waals surface area contributed by atoms with Crippen LogP contribution < -0.4 is 10.5 Å². The van der Waals surface area contributed by atoms with E-state index in [1.807, 2.05) is 44.2 Å². The summed E-state index contributed by atoms with van der Waals surface area (Å²) in [5.74, 6) is 1.42. The van der Waals surface area contributed by atoms with E-state index in [0.29, 0.717) is 5.88 Å². The van der Waals surface area contributed by atoms with Gasteiger partial charge in [0.05, 0.1) is 0 Å². The first-order chi connectivity index (χ1) is 7.66. The van der Waals surface area contributed by atoms with Crippen LogP contribution in [-0.4, -0.2) is 4.98 Å². The number of hydrogen-bond acceptors (Lipinski definition) is 3. The molecule has 0 aliphatic heterocycles. The maximum Gasteiger partial charge on any atom is 0.222 e. The van der Waals surface area contributed by atoms with Crippen molar-refractivity contribution in [1.82, 2.24) is 4.98 Å². The zero-order valence-corrected chi connectivity index (χ0v) is 9.40. The molecule has 0 atom stereocenters. The molecule has 0 bridgehead atoms. The molecular weight excluding hydrogens is 200 g/mol. The van der Waals surface area contributed by atoms with Gasteiger partial charge in [0.2, 0.25) is 5.88 Å². The summed E-state index contributed by atoms with van der Waals surface area (Å²) < 4.78 is 5.73. The molecule has 2 N–H and O–H groups in total. The summed E-state index contributed by atoms with van der Waals surface area (Å²) in [5, 5.41) is 0. The third kappa shape index (κ3) is 2.14. The highest BCUT2D eigenvalue weighted by Crippen LogP contribution is 2.26. The lowest BCUT2D eigenvalue weighted by atomic mass is 10.2. The molecule has 3 heteroatoms. The Morgan fingerprint density at radius 3 is 2.62 bits per heavy atom. The Balaban J connectivity index is 2.31. The summed E-state index contributed by atoms with van der Waals surface area (Å²) in [7, 11) is 0.